The van der Waals surface area contributed by atoms with E-state index in [0.29, 0.717) is 13.0 Å². The summed E-state index contributed by atoms with van der Waals surface area (Å²) in [6.45, 7) is 6.20. The largest absolute Gasteiger partial charge is 0.465 e. The summed E-state index contributed by atoms with van der Waals surface area (Å²) in [4.78, 5) is 24.5. The number of cyclic esters (lactones) is 1. The van der Waals surface area contributed by atoms with E-state index >= 15 is 0 Å². The number of aliphatic hydroxyl groups is 1. The monoisotopic (exact) mass is 266 g/mol. The number of ketones is 1. The van der Waals surface area contributed by atoms with Crippen LogP contribution in [0.2, 0.25) is 0 Å². The fraction of sp³-hybridized carbons (Fsp3) is 0.867. The van der Waals surface area contributed by atoms with Crippen LogP contribution >= 0.6 is 0 Å². The van der Waals surface area contributed by atoms with E-state index in [1.807, 2.05) is 13.8 Å². The first-order chi connectivity index (χ1) is 8.85. The lowest BCUT2D eigenvalue weighted by molar-refractivity contribution is -0.165. The summed E-state index contributed by atoms with van der Waals surface area (Å²) in [5, 5.41) is 10.4. The average Bonchev–Trinajstić information content (AvgIpc) is 2.53. The van der Waals surface area contributed by atoms with Crippen LogP contribution < -0.4 is 0 Å². The lowest BCUT2D eigenvalue weighted by atomic mass is 9.61. The van der Waals surface area contributed by atoms with Gasteiger partial charge in [0.2, 0.25) is 0 Å². The van der Waals surface area contributed by atoms with Gasteiger partial charge in [-0.3, -0.25) is 9.59 Å². The number of hydrogen-bond acceptors (Lipinski definition) is 4. The molecule has 4 heteroatoms. The Morgan fingerprint density at radius 2 is 1.95 bits per heavy atom. The van der Waals surface area contributed by atoms with E-state index in [2.05, 4.69) is 6.92 Å². The van der Waals surface area contributed by atoms with Crippen LogP contribution in [-0.2, 0) is 14.3 Å². The molecule has 0 radical (unpaired) electrons. The van der Waals surface area contributed by atoms with Crippen LogP contribution in [0.3, 0.4) is 0 Å². The van der Waals surface area contributed by atoms with Crippen LogP contribution in [0.4, 0.5) is 0 Å². The first-order valence-electron chi connectivity index (χ1n) is 7.24. The molecule has 3 rings (SSSR count). The molecule has 5 unspecified atom stereocenters. The van der Waals surface area contributed by atoms with Gasteiger partial charge in [-0.25, -0.2) is 0 Å². The Labute approximate surface area is 113 Å². The van der Waals surface area contributed by atoms with Crippen molar-refractivity contribution in [3.63, 3.8) is 0 Å². The van der Waals surface area contributed by atoms with E-state index in [1.165, 1.54) is 0 Å². The van der Waals surface area contributed by atoms with Gasteiger partial charge in [0.15, 0.2) is 0 Å². The first-order valence-corrected chi connectivity index (χ1v) is 7.24. The van der Waals surface area contributed by atoms with Gasteiger partial charge in [-0.2, -0.15) is 0 Å². The summed E-state index contributed by atoms with van der Waals surface area (Å²) in [6.07, 6.45) is 0.822. The molecule has 0 spiro atoms. The fourth-order valence-corrected chi connectivity index (χ4v) is 4.64. The Hall–Kier alpha value is -0.900. The predicted octanol–water partition coefficient (Wildman–Crippen LogP) is 1.41. The summed E-state index contributed by atoms with van der Waals surface area (Å²) in [7, 11) is 0. The van der Waals surface area contributed by atoms with Crippen molar-refractivity contribution in [2.45, 2.75) is 39.7 Å². The molecule has 0 aromatic carbocycles. The number of carbonyl (C=O) groups excluding carboxylic acids is 2. The molecule has 1 N–H and O–H groups in total. The molecule has 6 atom stereocenters. The summed E-state index contributed by atoms with van der Waals surface area (Å²) in [5.74, 6) is 0.164. The SMILES string of the molecule is CC1C2CCOC(=O)C2CC2C1C(=O)C(C)(C)[C@@H]2O. The van der Waals surface area contributed by atoms with Gasteiger partial charge in [0.25, 0.3) is 0 Å². The minimum Gasteiger partial charge on any atom is -0.465 e. The number of carbonyl (C=O) groups is 2. The molecule has 2 aliphatic carbocycles. The lowest BCUT2D eigenvalue weighted by Gasteiger charge is -2.44. The maximum Gasteiger partial charge on any atom is 0.309 e. The predicted molar refractivity (Wildman–Crippen MR) is 68.1 cm³/mol. The highest BCUT2D eigenvalue weighted by Gasteiger charge is 2.61. The summed E-state index contributed by atoms with van der Waals surface area (Å²) >= 11 is 0. The van der Waals surface area contributed by atoms with E-state index in [4.69, 9.17) is 4.74 Å². The second-order valence-electron chi connectivity index (χ2n) is 7.04. The van der Waals surface area contributed by atoms with E-state index in [-0.39, 0.29) is 41.3 Å². The molecular formula is C15H22O4. The zero-order valence-electron chi connectivity index (χ0n) is 11.8. The molecule has 0 bridgehead atoms. The second kappa shape index (κ2) is 4.05. The van der Waals surface area contributed by atoms with Crippen molar-refractivity contribution >= 4 is 11.8 Å². The summed E-state index contributed by atoms with van der Waals surface area (Å²) in [5.41, 5.74) is -0.680. The number of ether oxygens (including phenoxy) is 1. The van der Waals surface area contributed by atoms with Crippen LogP contribution in [0.15, 0.2) is 0 Å². The zero-order chi connectivity index (χ0) is 13.9. The lowest BCUT2D eigenvalue weighted by Crippen LogP contribution is -2.47. The van der Waals surface area contributed by atoms with Gasteiger partial charge >= 0.3 is 5.97 Å². The van der Waals surface area contributed by atoms with Crippen LogP contribution in [0, 0.1) is 35.0 Å². The topological polar surface area (TPSA) is 63.6 Å². The Morgan fingerprint density at radius 3 is 2.63 bits per heavy atom. The molecule has 0 amide bonds. The molecule has 1 aliphatic heterocycles. The maximum absolute atomic E-state index is 12.6. The minimum atomic E-state index is -0.680. The highest BCUT2D eigenvalue weighted by atomic mass is 16.5. The van der Waals surface area contributed by atoms with Crippen molar-refractivity contribution in [3.8, 4) is 0 Å². The van der Waals surface area contributed by atoms with Crippen molar-refractivity contribution in [2.24, 2.45) is 35.0 Å². The number of fused-ring (bicyclic) bond motifs is 2. The third-order valence-electron chi connectivity index (χ3n) is 5.83. The van der Waals surface area contributed by atoms with Crippen molar-refractivity contribution in [1.29, 1.82) is 0 Å². The van der Waals surface area contributed by atoms with Crippen molar-refractivity contribution in [2.75, 3.05) is 6.61 Å². The molecule has 19 heavy (non-hydrogen) atoms. The van der Waals surface area contributed by atoms with E-state index in [9.17, 15) is 14.7 Å². The third-order valence-corrected chi connectivity index (χ3v) is 5.83. The number of Topliss-reactive ketones (excluding diaryl/α,β-unsaturated/α-hetero) is 1. The first kappa shape index (κ1) is 13.1. The van der Waals surface area contributed by atoms with Gasteiger partial charge in [-0.05, 0) is 30.6 Å². The molecule has 2 saturated carbocycles. The molecule has 1 saturated heterocycles. The molecule has 0 aromatic heterocycles. The van der Waals surface area contributed by atoms with Gasteiger partial charge in [-0.15, -0.1) is 0 Å². The molecule has 4 nitrogen and oxygen atoms in total. The highest BCUT2D eigenvalue weighted by Crippen LogP contribution is 2.55. The Balaban J connectivity index is 1.96. The van der Waals surface area contributed by atoms with Gasteiger partial charge < -0.3 is 9.84 Å². The minimum absolute atomic E-state index is 0.0793. The highest BCUT2D eigenvalue weighted by molar-refractivity contribution is 5.90. The van der Waals surface area contributed by atoms with Crippen molar-refractivity contribution < 1.29 is 19.4 Å². The van der Waals surface area contributed by atoms with Gasteiger partial charge in [0.05, 0.1) is 18.6 Å². The van der Waals surface area contributed by atoms with Gasteiger partial charge in [0, 0.05) is 11.3 Å². The Bertz CT molecular complexity index is 428. The molecule has 106 valence electrons. The van der Waals surface area contributed by atoms with Crippen LogP contribution in [0.1, 0.15) is 33.6 Å². The van der Waals surface area contributed by atoms with Crippen LogP contribution in [0.5, 0.6) is 0 Å². The van der Waals surface area contributed by atoms with Crippen LogP contribution in [0.25, 0.3) is 0 Å². The number of esters is 1. The maximum atomic E-state index is 12.6. The van der Waals surface area contributed by atoms with Crippen molar-refractivity contribution in [3.05, 3.63) is 0 Å². The van der Waals surface area contributed by atoms with Gasteiger partial charge in [-0.1, -0.05) is 20.8 Å². The van der Waals surface area contributed by atoms with E-state index in [1.54, 1.807) is 0 Å². The fourth-order valence-electron chi connectivity index (χ4n) is 4.64. The summed E-state index contributed by atoms with van der Waals surface area (Å²) in [6, 6.07) is 0. The molecule has 3 aliphatic rings. The number of aliphatic hydroxyl groups excluding tert-OH is 1. The third kappa shape index (κ3) is 1.62. The molecule has 3 fully saturated rings. The van der Waals surface area contributed by atoms with E-state index < -0.39 is 11.5 Å². The Morgan fingerprint density at radius 1 is 1.26 bits per heavy atom. The van der Waals surface area contributed by atoms with E-state index in [0.717, 1.165) is 6.42 Å². The van der Waals surface area contributed by atoms with Crippen molar-refractivity contribution in [1.82, 2.24) is 0 Å². The molecule has 0 aromatic rings. The quantitative estimate of drug-likeness (QED) is 0.673. The number of rotatable bonds is 0. The Kier molecular flexibility index (Phi) is 2.79. The number of hydrogen-bond donors (Lipinski definition) is 1. The average molecular weight is 266 g/mol. The normalized spacial score (nSPS) is 48.4. The smallest absolute Gasteiger partial charge is 0.309 e. The molecular weight excluding hydrogens is 244 g/mol. The zero-order valence-corrected chi connectivity index (χ0v) is 11.8. The summed E-state index contributed by atoms with van der Waals surface area (Å²) < 4.78 is 5.15. The van der Waals surface area contributed by atoms with Crippen LogP contribution in [-0.4, -0.2) is 29.6 Å². The second-order valence-corrected chi connectivity index (χ2v) is 7.04. The standard InChI is InChI=1S/C15H22O4/c1-7-8-4-5-19-14(18)9(8)6-10-11(7)13(17)15(2,3)12(10)16/h7-12,16H,4-6H2,1-3H3/t7?,8?,9?,10?,11?,12-/m1/s1. The molecule has 1 heterocycles. The van der Waals surface area contributed by atoms with Gasteiger partial charge in [0.1, 0.15) is 5.78 Å².